The second-order valence-electron chi connectivity index (χ2n) is 6.04. The van der Waals surface area contributed by atoms with Gasteiger partial charge in [-0.25, -0.2) is 9.97 Å². The number of aryl methyl sites for hydroxylation is 1. The molecule has 0 spiro atoms. The highest BCUT2D eigenvalue weighted by atomic mass is 35.5. The first kappa shape index (κ1) is 16.8. The van der Waals surface area contributed by atoms with Gasteiger partial charge in [0.25, 0.3) is 0 Å². The second-order valence-corrected chi connectivity index (χ2v) is 6.48. The molecule has 2 heterocycles. The molecule has 0 radical (unpaired) electrons. The predicted molar refractivity (Wildman–Crippen MR) is 101 cm³/mol. The van der Waals surface area contributed by atoms with Crippen LogP contribution in [0.25, 0.3) is 0 Å². The summed E-state index contributed by atoms with van der Waals surface area (Å²) in [5.41, 5.74) is 1.19. The summed E-state index contributed by atoms with van der Waals surface area (Å²) in [7, 11) is 0. The molecule has 3 rings (SSSR count). The van der Waals surface area contributed by atoms with E-state index in [9.17, 15) is 0 Å². The number of rotatable bonds is 5. The van der Waals surface area contributed by atoms with E-state index in [2.05, 4.69) is 44.1 Å². The van der Waals surface area contributed by atoms with E-state index in [1.54, 1.807) is 0 Å². The Labute approximate surface area is 148 Å². The van der Waals surface area contributed by atoms with Gasteiger partial charge in [0.2, 0.25) is 0 Å². The Morgan fingerprint density at radius 2 is 1.83 bits per heavy atom. The van der Waals surface area contributed by atoms with Gasteiger partial charge in [-0.2, -0.15) is 0 Å². The van der Waals surface area contributed by atoms with Crippen LogP contribution in [0.4, 0.5) is 17.3 Å². The molecule has 0 amide bonds. The van der Waals surface area contributed by atoms with Crippen LogP contribution >= 0.6 is 11.6 Å². The highest BCUT2D eigenvalue weighted by Gasteiger charge is 2.19. The molecule has 6 heteroatoms. The summed E-state index contributed by atoms with van der Waals surface area (Å²) in [6.45, 7) is 8.83. The number of benzene rings is 1. The lowest BCUT2D eigenvalue weighted by Gasteiger charge is -2.37. The maximum Gasteiger partial charge on any atom is 0.134 e. The molecule has 0 aliphatic carbocycles. The van der Waals surface area contributed by atoms with Crippen LogP contribution in [0.3, 0.4) is 0 Å². The molecule has 0 bridgehead atoms. The van der Waals surface area contributed by atoms with Crippen molar-refractivity contribution in [2.75, 3.05) is 47.8 Å². The van der Waals surface area contributed by atoms with Crippen molar-refractivity contribution in [3.05, 3.63) is 41.2 Å². The summed E-state index contributed by atoms with van der Waals surface area (Å²) in [6, 6.07) is 10.1. The molecule has 1 aliphatic rings. The molecule has 2 aromatic rings. The monoisotopic (exact) mass is 345 g/mol. The molecule has 1 N–H and O–H groups in total. The van der Waals surface area contributed by atoms with Crippen LogP contribution in [0.15, 0.2) is 30.3 Å². The molecular weight excluding hydrogens is 322 g/mol. The molecule has 0 unspecified atom stereocenters. The van der Waals surface area contributed by atoms with Gasteiger partial charge in [-0.05, 0) is 31.5 Å². The maximum atomic E-state index is 6.10. The van der Waals surface area contributed by atoms with Crippen molar-refractivity contribution in [1.29, 1.82) is 0 Å². The third kappa shape index (κ3) is 4.09. The minimum atomic E-state index is 0.785. The summed E-state index contributed by atoms with van der Waals surface area (Å²) in [5, 5.41) is 4.14. The second kappa shape index (κ2) is 7.71. The van der Waals surface area contributed by atoms with Crippen molar-refractivity contribution in [3.8, 4) is 0 Å². The van der Waals surface area contributed by atoms with E-state index in [1.807, 2.05) is 25.1 Å². The van der Waals surface area contributed by atoms with Crippen molar-refractivity contribution in [3.63, 3.8) is 0 Å². The first-order valence-electron chi connectivity index (χ1n) is 8.50. The van der Waals surface area contributed by atoms with E-state index < -0.39 is 0 Å². The van der Waals surface area contributed by atoms with E-state index in [0.29, 0.717) is 0 Å². The topological polar surface area (TPSA) is 44.3 Å². The summed E-state index contributed by atoms with van der Waals surface area (Å²) in [6.07, 6.45) is 1.08. The van der Waals surface area contributed by atoms with Crippen LogP contribution in [0.1, 0.15) is 19.2 Å². The lowest BCUT2D eigenvalue weighted by molar-refractivity contribution is 0.646. The molecule has 128 valence electrons. The lowest BCUT2D eigenvalue weighted by atomic mass is 10.2. The van der Waals surface area contributed by atoms with Gasteiger partial charge >= 0.3 is 0 Å². The Morgan fingerprint density at radius 1 is 1.08 bits per heavy atom. The molecule has 0 saturated carbocycles. The van der Waals surface area contributed by atoms with Gasteiger partial charge in [-0.1, -0.05) is 24.6 Å². The van der Waals surface area contributed by atoms with Gasteiger partial charge in [0.1, 0.15) is 17.5 Å². The molecule has 1 aromatic heterocycles. The van der Waals surface area contributed by atoms with E-state index >= 15 is 0 Å². The average molecular weight is 346 g/mol. The van der Waals surface area contributed by atoms with Crippen LogP contribution in [0.5, 0.6) is 0 Å². The van der Waals surface area contributed by atoms with Gasteiger partial charge in [-0.15, -0.1) is 0 Å². The zero-order valence-corrected chi connectivity index (χ0v) is 15.1. The third-order valence-electron chi connectivity index (χ3n) is 4.16. The minimum Gasteiger partial charge on any atom is -0.370 e. The zero-order valence-electron chi connectivity index (χ0n) is 14.3. The summed E-state index contributed by atoms with van der Waals surface area (Å²) < 4.78 is 0. The molecular formula is C18H24ClN5. The number of hydrogen-bond acceptors (Lipinski definition) is 5. The largest absolute Gasteiger partial charge is 0.370 e. The van der Waals surface area contributed by atoms with E-state index in [-0.39, 0.29) is 0 Å². The van der Waals surface area contributed by atoms with Gasteiger partial charge in [0, 0.05) is 49.5 Å². The Kier molecular flexibility index (Phi) is 5.41. The van der Waals surface area contributed by atoms with Gasteiger partial charge in [-0.3, -0.25) is 0 Å². The normalized spacial score (nSPS) is 14.8. The van der Waals surface area contributed by atoms with E-state index in [4.69, 9.17) is 11.6 Å². The van der Waals surface area contributed by atoms with Crippen LogP contribution in [-0.4, -0.2) is 42.7 Å². The van der Waals surface area contributed by atoms with Crippen LogP contribution in [0, 0.1) is 6.92 Å². The standard InChI is InChI=1S/C18H24ClN5/c1-3-7-20-17-13-18(22-14(2)21-17)24-10-8-23(9-11-24)16-6-4-5-15(19)12-16/h4-6,12-13H,3,7-11H2,1-2H3,(H,20,21,22). The highest BCUT2D eigenvalue weighted by Crippen LogP contribution is 2.23. The average Bonchev–Trinajstić information content (AvgIpc) is 2.60. The minimum absolute atomic E-state index is 0.785. The fourth-order valence-electron chi connectivity index (χ4n) is 2.92. The summed E-state index contributed by atoms with van der Waals surface area (Å²) in [4.78, 5) is 13.8. The first-order valence-corrected chi connectivity index (χ1v) is 8.88. The van der Waals surface area contributed by atoms with E-state index in [1.165, 1.54) is 5.69 Å². The maximum absolute atomic E-state index is 6.10. The van der Waals surface area contributed by atoms with Gasteiger partial charge in [0.05, 0.1) is 0 Å². The fraction of sp³-hybridized carbons (Fsp3) is 0.444. The lowest BCUT2D eigenvalue weighted by Crippen LogP contribution is -2.46. The molecule has 5 nitrogen and oxygen atoms in total. The molecule has 1 aromatic carbocycles. The molecule has 1 saturated heterocycles. The van der Waals surface area contributed by atoms with Crippen LogP contribution in [-0.2, 0) is 0 Å². The number of nitrogens with one attached hydrogen (secondary N) is 1. The number of anilines is 3. The van der Waals surface area contributed by atoms with Crippen molar-refractivity contribution in [2.45, 2.75) is 20.3 Å². The summed E-state index contributed by atoms with van der Waals surface area (Å²) >= 11 is 6.10. The predicted octanol–water partition coefficient (Wildman–Crippen LogP) is 3.59. The number of aromatic nitrogens is 2. The first-order chi connectivity index (χ1) is 11.7. The van der Waals surface area contributed by atoms with Crippen molar-refractivity contribution in [2.24, 2.45) is 0 Å². The smallest absolute Gasteiger partial charge is 0.134 e. The Hall–Kier alpha value is -2.01. The zero-order chi connectivity index (χ0) is 16.9. The van der Waals surface area contributed by atoms with Gasteiger partial charge < -0.3 is 15.1 Å². The number of halogens is 1. The SMILES string of the molecule is CCCNc1cc(N2CCN(c3cccc(Cl)c3)CC2)nc(C)n1. The number of nitrogens with zero attached hydrogens (tertiary/aromatic N) is 4. The van der Waals surface area contributed by atoms with Crippen molar-refractivity contribution >= 4 is 28.9 Å². The highest BCUT2D eigenvalue weighted by molar-refractivity contribution is 6.30. The quantitative estimate of drug-likeness (QED) is 0.897. The number of piperazine rings is 1. The molecule has 0 atom stereocenters. The van der Waals surface area contributed by atoms with Crippen LogP contribution in [0.2, 0.25) is 5.02 Å². The summed E-state index contributed by atoms with van der Waals surface area (Å²) in [5.74, 6) is 2.73. The molecule has 1 aliphatic heterocycles. The Balaban J connectivity index is 1.67. The van der Waals surface area contributed by atoms with Crippen molar-refractivity contribution < 1.29 is 0 Å². The van der Waals surface area contributed by atoms with E-state index in [0.717, 1.165) is 61.6 Å². The molecule has 24 heavy (non-hydrogen) atoms. The van der Waals surface area contributed by atoms with Gasteiger partial charge in [0.15, 0.2) is 0 Å². The number of hydrogen-bond donors (Lipinski definition) is 1. The van der Waals surface area contributed by atoms with Crippen LogP contribution < -0.4 is 15.1 Å². The Bertz CT molecular complexity index is 683. The third-order valence-corrected chi connectivity index (χ3v) is 4.39. The fourth-order valence-corrected chi connectivity index (χ4v) is 3.11. The van der Waals surface area contributed by atoms with Crippen molar-refractivity contribution in [1.82, 2.24) is 9.97 Å². The Morgan fingerprint density at radius 3 is 2.54 bits per heavy atom. The molecule has 1 fully saturated rings.